The fourth-order valence-corrected chi connectivity index (χ4v) is 2.15. The highest BCUT2D eigenvalue weighted by molar-refractivity contribution is 5.77. The maximum Gasteiger partial charge on any atom is 0.224 e. The van der Waals surface area contributed by atoms with Gasteiger partial charge >= 0.3 is 0 Å². The SMILES string of the molecule is CCCC(=O)NC1CCN(C(=O)CCOC)CC1. The largest absolute Gasteiger partial charge is 0.384 e. The average molecular weight is 256 g/mol. The Morgan fingerprint density at radius 3 is 2.50 bits per heavy atom. The molecule has 0 aromatic carbocycles. The summed E-state index contributed by atoms with van der Waals surface area (Å²) in [6.07, 6.45) is 3.62. The van der Waals surface area contributed by atoms with Crippen molar-refractivity contribution in [3.63, 3.8) is 0 Å². The predicted molar refractivity (Wildman–Crippen MR) is 69.1 cm³/mol. The minimum absolute atomic E-state index is 0.127. The fourth-order valence-electron chi connectivity index (χ4n) is 2.15. The van der Waals surface area contributed by atoms with Crippen LogP contribution < -0.4 is 5.32 Å². The molecule has 1 rings (SSSR count). The highest BCUT2D eigenvalue weighted by Crippen LogP contribution is 2.11. The number of nitrogens with zero attached hydrogens (tertiary/aromatic N) is 1. The highest BCUT2D eigenvalue weighted by Gasteiger charge is 2.23. The van der Waals surface area contributed by atoms with Crippen molar-refractivity contribution < 1.29 is 14.3 Å². The number of rotatable bonds is 6. The van der Waals surface area contributed by atoms with Crippen LogP contribution in [-0.2, 0) is 14.3 Å². The van der Waals surface area contributed by atoms with E-state index in [2.05, 4.69) is 5.32 Å². The van der Waals surface area contributed by atoms with Gasteiger partial charge in [-0.15, -0.1) is 0 Å². The quantitative estimate of drug-likeness (QED) is 0.769. The predicted octanol–water partition coefficient (Wildman–Crippen LogP) is 0.930. The van der Waals surface area contributed by atoms with Crippen molar-refractivity contribution in [1.82, 2.24) is 10.2 Å². The molecule has 0 bridgehead atoms. The second-order valence-electron chi connectivity index (χ2n) is 4.72. The summed E-state index contributed by atoms with van der Waals surface area (Å²) in [6.45, 7) is 3.95. The lowest BCUT2D eigenvalue weighted by atomic mass is 10.0. The third-order valence-corrected chi connectivity index (χ3v) is 3.21. The van der Waals surface area contributed by atoms with Crippen LogP contribution in [-0.4, -0.2) is 49.6 Å². The molecule has 1 N–H and O–H groups in total. The first-order valence-electron chi connectivity index (χ1n) is 6.73. The molecule has 0 aromatic rings. The Labute approximate surface area is 109 Å². The van der Waals surface area contributed by atoms with Crippen LogP contribution in [0.25, 0.3) is 0 Å². The zero-order valence-corrected chi connectivity index (χ0v) is 11.4. The monoisotopic (exact) mass is 256 g/mol. The maximum atomic E-state index is 11.7. The second-order valence-corrected chi connectivity index (χ2v) is 4.72. The topological polar surface area (TPSA) is 58.6 Å². The molecule has 0 atom stereocenters. The molecule has 2 amide bonds. The van der Waals surface area contributed by atoms with Gasteiger partial charge in [0.1, 0.15) is 0 Å². The van der Waals surface area contributed by atoms with Crippen molar-refractivity contribution >= 4 is 11.8 Å². The van der Waals surface area contributed by atoms with Crippen LogP contribution >= 0.6 is 0 Å². The summed E-state index contributed by atoms with van der Waals surface area (Å²) in [7, 11) is 1.60. The van der Waals surface area contributed by atoms with E-state index in [1.54, 1.807) is 7.11 Å². The molecular formula is C13H24N2O3. The van der Waals surface area contributed by atoms with Crippen LogP contribution in [0.5, 0.6) is 0 Å². The van der Waals surface area contributed by atoms with Crippen LogP contribution in [0.1, 0.15) is 39.0 Å². The van der Waals surface area contributed by atoms with Gasteiger partial charge in [-0.3, -0.25) is 9.59 Å². The van der Waals surface area contributed by atoms with Gasteiger partial charge in [0, 0.05) is 32.7 Å². The lowest BCUT2D eigenvalue weighted by Crippen LogP contribution is -2.46. The smallest absolute Gasteiger partial charge is 0.224 e. The van der Waals surface area contributed by atoms with Gasteiger partial charge in [0.05, 0.1) is 13.0 Å². The van der Waals surface area contributed by atoms with E-state index in [1.165, 1.54) is 0 Å². The first kappa shape index (κ1) is 15.0. The number of ether oxygens (including phenoxy) is 1. The Balaban J connectivity index is 2.23. The number of carbonyl (C=O) groups excluding carboxylic acids is 2. The second kappa shape index (κ2) is 8.08. The summed E-state index contributed by atoms with van der Waals surface area (Å²) < 4.78 is 4.90. The summed E-state index contributed by atoms with van der Waals surface area (Å²) in [4.78, 5) is 25.1. The van der Waals surface area contributed by atoms with Gasteiger partial charge in [0.25, 0.3) is 0 Å². The van der Waals surface area contributed by atoms with E-state index in [0.29, 0.717) is 19.4 Å². The van der Waals surface area contributed by atoms with Crippen molar-refractivity contribution in [3.8, 4) is 0 Å². The van der Waals surface area contributed by atoms with Crippen LogP contribution in [0.4, 0.5) is 0 Å². The molecule has 0 saturated carbocycles. The normalized spacial score (nSPS) is 16.7. The Morgan fingerprint density at radius 2 is 1.94 bits per heavy atom. The van der Waals surface area contributed by atoms with Crippen molar-refractivity contribution in [2.24, 2.45) is 0 Å². The van der Waals surface area contributed by atoms with Crippen molar-refractivity contribution in [3.05, 3.63) is 0 Å². The number of hydrogen-bond donors (Lipinski definition) is 1. The highest BCUT2D eigenvalue weighted by atomic mass is 16.5. The lowest BCUT2D eigenvalue weighted by molar-refractivity contribution is -0.133. The standard InChI is InChI=1S/C13H24N2O3/c1-3-4-12(16)14-11-5-8-15(9-6-11)13(17)7-10-18-2/h11H,3-10H2,1-2H3,(H,14,16). The summed E-state index contributed by atoms with van der Waals surface area (Å²) in [5.41, 5.74) is 0. The molecule has 0 radical (unpaired) electrons. The molecule has 0 unspecified atom stereocenters. The first-order valence-corrected chi connectivity index (χ1v) is 6.73. The average Bonchev–Trinajstić information content (AvgIpc) is 2.37. The van der Waals surface area contributed by atoms with Crippen molar-refractivity contribution in [2.45, 2.75) is 45.1 Å². The van der Waals surface area contributed by atoms with Crippen LogP contribution in [0.2, 0.25) is 0 Å². The Kier molecular flexibility index (Phi) is 6.72. The van der Waals surface area contributed by atoms with E-state index in [4.69, 9.17) is 4.74 Å². The molecule has 1 aliphatic rings. The van der Waals surface area contributed by atoms with Crippen LogP contribution in [0.15, 0.2) is 0 Å². The Morgan fingerprint density at radius 1 is 1.28 bits per heavy atom. The number of hydrogen-bond acceptors (Lipinski definition) is 3. The van der Waals surface area contributed by atoms with Gasteiger partial charge in [0.15, 0.2) is 0 Å². The van der Waals surface area contributed by atoms with E-state index in [9.17, 15) is 9.59 Å². The zero-order valence-electron chi connectivity index (χ0n) is 11.4. The van der Waals surface area contributed by atoms with E-state index in [1.807, 2.05) is 11.8 Å². The Bertz CT molecular complexity index is 273. The van der Waals surface area contributed by atoms with Gasteiger partial charge in [0.2, 0.25) is 11.8 Å². The van der Waals surface area contributed by atoms with Gasteiger partial charge < -0.3 is 15.0 Å². The van der Waals surface area contributed by atoms with Crippen molar-refractivity contribution in [2.75, 3.05) is 26.8 Å². The molecule has 1 fully saturated rings. The number of amides is 2. The lowest BCUT2D eigenvalue weighted by Gasteiger charge is -2.32. The minimum atomic E-state index is 0.127. The molecule has 0 aromatic heterocycles. The van der Waals surface area contributed by atoms with Gasteiger partial charge in [-0.2, -0.15) is 0 Å². The number of methoxy groups -OCH3 is 1. The van der Waals surface area contributed by atoms with E-state index in [0.717, 1.165) is 32.4 Å². The maximum absolute atomic E-state index is 11.7. The fraction of sp³-hybridized carbons (Fsp3) is 0.846. The summed E-state index contributed by atoms with van der Waals surface area (Å²) >= 11 is 0. The molecule has 1 heterocycles. The minimum Gasteiger partial charge on any atom is -0.384 e. The summed E-state index contributed by atoms with van der Waals surface area (Å²) in [5, 5.41) is 3.02. The third-order valence-electron chi connectivity index (χ3n) is 3.21. The van der Waals surface area contributed by atoms with E-state index < -0.39 is 0 Å². The van der Waals surface area contributed by atoms with Gasteiger partial charge in [-0.1, -0.05) is 6.92 Å². The molecule has 5 nitrogen and oxygen atoms in total. The van der Waals surface area contributed by atoms with E-state index in [-0.39, 0.29) is 17.9 Å². The zero-order chi connectivity index (χ0) is 13.4. The summed E-state index contributed by atoms with van der Waals surface area (Å²) in [5.74, 6) is 0.275. The molecule has 104 valence electrons. The number of carbonyl (C=O) groups is 2. The molecule has 5 heteroatoms. The van der Waals surface area contributed by atoms with Crippen LogP contribution in [0.3, 0.4) is 0 Å². The van der Waals surface area contributed by atoms with Crippen LogP contribution in [0, 0.1) is 0 Å². The number of likely N-dealkylation sites (tertiary alicyclic amines) is 1. The van der Waals surface area contributed by atoms with E-state index >= 15 is 0 Å². The van der Waals surface area contributed by atoms with Gasteiger partial charge in [-0.25, -0.2) is 0 Å². The number of nitrogens with one attached hydrogen (secondary N) is 1. The summed E-state index contributed by atoms with van der Waals surface area (Å²) in [6, 6.07) is 0.232. The third kappa shape index (κ3) is 5.04. The molecule has 1 aliphatic heterocycles. The first-order chi connectivity index (χ1) is 8.67. The Hall–Kier alpha value is -1.10. The molecule has 18 heavy (non-hydrogen) atoms. The molecule has 0 spiro atoms. The van der Waals surface area contributed by atoms with Gasteiger partial charge in [-0.05, 0) is 19.3 Å². The van der Waals surface area contributed by atoms with Crippen molar-refractivity contribution in [1.29, 1.82) is 0 Å². The molecule has 0 aliphatic carbocycles. The number of piperidine rings is 1. The molecular weight excluding hydrogens is 232 g/mol. The molecule has 1 saturated heterocycles.